The van der Waals surface area contributed by atoms with E-state index in [0.717, 1.165) is 17.3 Å². The van der Waals surface area contributed by atoms with Gasteiger partial charge in [-0.3, -0.25) is 19.1 Å². The number of benzene rings is 2. The molecule has 1 fully saturated rings. The van der Waals surface area contributed by atoms with E-state index in [2.05, 4.69) is 4.98 Å². The van der Waals surface area contributed by atoms with Crippen LogP contribution < -0.4 is 4.74 Å². The molecule has 0 N–H and O–H groups in total. The van der Waals surface area contributed by atoms with Crippen molar-refractivity contribution in [3.05, 3.63) is 95.9 Å². The van der Waals surface area contributed by atoms with Crippen molar-refractivity contribution < 1.29 is 32.3 Å². The van der Waals surface area contributed by atoms with Crippen LogP contribution in [-0.2, 0) is 11.4 Å². The molecule has 2 aromatic heterocycles. The second-order valence-corrected chi connectivity index (χ2v) is 10.7. The van der Waals surface area contributed by atoms with Crippen LogP contribution in [0.15, 0.2) is 79.3 Å². The molecule has 0 radical (unpaired) electrons. The Bertz CT molecular complexity index is 1590. The van der Waals surface area contributed by atoms with Crippen LogP contribution in [0.2, 0.25) is 0 Å². The summed E-state index contributed by atoms with van der Waals surface area (Å²) in [6.07, 6.45) is -1.03. The van der Waals surface area contributed by atoms with Crippen LogP contribution in [0.4, 0.5) is 18.0 Å². The molecule has 2 aromatic carbocycles. The van der Waals surface area contributed by atoms with Crippen molar-refractivity contribution in [2.24, 2.45) is 0 Å². The highest BCUT2D eigenvalue weighted by Crippen LogP contribution is 2.44. The van der Waals surface area contributed by atoms with Crippen LogP contribution in [0.1, 0.15) is 26.9 Å². The van der Waals surface area contributed by atoms with Crippen LogP contribution in [0.3, 0.4) is 0 Å². The molecule has 1 saturated heterocycles. The number of halogens is 3. The lowest BCUT2D eigenvalue weighted by molar-refractivity contribution is -0.187. The minimum absolute atomic E-state index is 0.0298. The number of aromatic nitrogens is 2. The standard InChI is InChI=1S/C29H25F3N4O4S/c1-34(2)28(39)35-15-22(21-11-10-20(13-23(21)35)40-16-18-7-4-3-5-8-18)25(37)24-17-41-26(19-9-6-12-33-14-19)36(24)27(38)29(30,31)32/h3-15,24,26H,16-17H2,1-2H3. The number of nitrogens with zero attached hydrogens (tertiary/aromatic N) is 4. The number of ether oxygens (including phenoxy) is 1. The van der Waals surface area contributed by atoms with Gasteiger partial charge in [-0.05, 0) is 23.8 Å². The fraction of sp³-hybridized carbons (Fsp3) is 0.241. The van der Waals surface area contributed by atoms with Crippen molar-refractivity contribution in [3.63, 3.8) is 0 Å². The van der Waals surface area contributed by atoms with Gasteiger partial charge in [-0.25, -0.2) is 4.79 Å². The van der Waals surface area contributed by atoms with E-state index < -0.39 is 35.3 Å². The number of rotatable bonds is 6. The molecule has 0 spiro atoms. The molecule has 0 bridgehead atoms. The summed E-state index contributed by atoms with van der Waals surface area (Å²) in [5, 5.41) is -0.701. The Morgan fingerprint density at radius 3 is 2.49 bits per heavy atom. The van der Waals surface area contributed by atoms with Crippen LogP contribution in [0.5, 0.6) is 5.75 Å². The third-order valence-corrected chi connectivity index (χ3v) is 7.95. The highest BCUT2D eigenvalue weighted by Gasteiger charge is 2.52. The molecule has 41 heavy (non-hydrogen) atoms. The van der Waals surface area contributed by atoms with Crippen molar-refractivity contribution in [2.45, 2.75) is 24.2 Å². The van der Waals surface area contributed by atoms with Gasteiger partial charge in [0.25, 0.3) is 0 Å². The number of ketones is 1. The lowest BCUT2D eigenvalue weighted by atomic mass is 10.0. The van der Waals surface area contributed by atoms with Gasteiger partial charge >= 0.3 is 18.1 Å². The van der Waals surface area contributed by atoms with Crippen molar-refractivity contribution in [3.8, 4) is 5.75 Å². The zero-order valence-corrected chi connectivity index (χ0v) is 22.9. The molecule has 2 amide bonds. The molecule has 2 atom stereocenters. The van der Waals surface area contributed by atoms with Gasteiger partial charge < -0.3 is 14.5 Å². The van der Waals surface area contributed by atoms with E-state index in [0.29, 0.717) is 27.1 Å². The number of pyridine rings is 1. The van der Waals surface area contributed by atoms with Crippen molar-refractivity contribution in [1.82, 2.24) is 19.4 Å². The van der Waals surface area contributed by atoms with Gasteiger partial charge in [0.05, 0.1) is 5.52 Å². The highest BCUT2D eigenvalue weighted by molar-refractivity contribution is 7.99. The first kappa shape index (κ1) is 28.2. The molecular weight excluding hydrogens is 557 g/mol. The molecule has 0 aliphatic carbocycles. The molecule has 212 valence electrons. The number of hydrogen-bond acceptors (Lipinski definition) is 6. The molecule has 8 nitrogen and oxygen atoms in total. The van der Waals surface area contributed by atoms with Gasteiger partial charge in [0.1, 0.15) is 23.8 Å². The van der Waals surface area contributed by atoms with Crippen molar-refractivity contribution >= 4 is 40.4 Å². The maximum Gasteiger partial charge on any atom is 0.471 e. The summed E-state index contributed by atoms with van der Waals surface area (Å²) < 4.78 is 48.3. The zero-order chi connectivity index (χ0) is 29.3. The summed E-state index contributed by atoms with van der Waals surface area (Å²) in [7, 11) is 3.09. The number of amides is 2. The SMILES string of the molecule is CN(C)C(=O)n1cc(C(=O)C2CSC(c3cccnc3)N2C(=O)C(F)(F)F)c2ccc(OCc3ccccc3)cc21. The first-order chi connectivity index (χ1) is 19.6. The van der Waals surface area contributed by atoms with Gasteiger partial charge in [-0.2, -0.15) is 13.2 Å². The topological polar surface area (TPSA) is 84.7 Å². The third-order valence-electron chi connectivity index (χ3n) is 6.63. The lowest BCUT2D eigenvalue weighted by Crippen LogP contribution is -2.48. The summed E-state index contributed by atoms with van der Waals surface area (Å²) in [5.74, 6) is -2.44. The van der Waals surface area contributed by atoms with Crippen molar-refractivity contribution in [2.75, 3.05) is 19.8 Å². The molecule has 12 heteroatoms. The van der Waals surface area contributed by atoms with Gasteiger partial charge in [0.2, 0.25) is 0 Å². The number of fused-ring (bicyclic) bond motifs is 1. The molecule has 4 aromatic rings. The first-order valence-electron chi connectivity index (χ1n) is 12.5. The molecule has 1 aliphatic rings. The number of hydrogen-bond donors (Lipinski definition) is 0. The smallest absolute Gasteiger partial charge is 0.471 e. The summed E-state index contributed by atoms with van der Waals surface area (Å²) in [5.41, 5.74) is 1.68. The average molecular weight is 583 g/mol. The Kier molecular flexibility index (Phi) is 7.76. The Morgan fingerprint density at radius 1 is 1.07 bits per heavy atom. The normalized spacial score (nSPS) is 17.0. The Morgan fingerprint density at radius 2 is 1.83 bits per heavy atom. The van der Waals surface area contributed by atoms with Gasteiger partial charge in [0, 0.05) is 61.0 Å². The second kappa shape index (κ2) is 11.3. The fourth-order valence-corrected chi connectivity index (χ4v) is 6.08. The Hall–Kier alpha value is -4.32. The number of carbonyl (C=O) groups is 3. The largest absolute Gasteiger partial charge is 0.489 e. The maximum atomic E-state index is 13.9. The van der Waals surface area contributed by atoms with E-state index in [4.69, 9.17) is 4.74 Å². The monoisotopic (exact) mass is 582 g/mol. The Balaban J connectivity index is 1.54. The highest BCUT2D eigenvalue weighted by atomic mass is 32.2. The summed E-state index contributed by atoms with van der Waals surface area (Å²) in [6, 6.07) is 15.5. The van der Waals surface area contributed by atoms with Gasteiger partial charge in [-0.15, -0.1) is 11.8 Å². The lowest BCUT2D eigenvalue weighted by Gasteiger charge is -2.29. The predicted octanol–water partition coefficient (Wildman–Crippen LogP) is 5.53. The third kappa shape index (κ3) is 5.64. The minimum atomic E-state index is -5.19. The van der Waals surface area contributed by atoms with Gasteiger partial charge in [0.15, 0.2) is 5.78 Å². The molecular formula is C29H25F3N4O4S. The summed E-state index contributed by atoms with van der Waals surface area (Å²) >= 11 is 1.05. The maximum absolute atomic E-state index is 13.9. The number of Topliss-reactive ketones (excluding diaryl/α,β-unsaturated/α-hetero) is 1. The van der Waals surface area contributed by atoms with Crippen LogP contribution >= 0.6 is 11.8 Å². The Labute approximate surface area is 237 Å². The van der Waals surface area contributed by atoms with Crippen LogP contribution in [-0.4, -0.2) is 69.1 Å². The van der Waals surface area contributed by atoms with Crippen molar-refractivity contribution in [1.29, 1.82) is 0 Å². The van der Waals surface area contributed by atoms with Crippen LogP contribution in [0.25, 0.3) is 10.9 Å². The minimum Gasteiger partial charge on any atom is -0.489 e. The van der Waals surface area contributed by atoms with E-state index in [1.165, 1.54) is 28.1 Å². The van der Waals surface area contributed by atoms with Gasteiger partial charge in [-0.1, -0.05) is 36.4 Å². The molecule has 1 aliphatic heterocycles. The summed E-state index contributed by atoms with van der Waals surface area (Å²) in [6.45, 7) is 0.268. The second-order valence-electron chi connectivity index (χ2n) is 9.61. The van der Waals surface area contributed by atoms with E-state index in [9.17, 15) is 27.6 Å². The van der Waals surface area contributed by atoms with Crippen LogP contribution in [0, 0.1) is 0 Å². The number of thioether (sulfide) groups is 1. The molecule has 5 rings (SSSR count). The molecule has 0 saturated carbocycles. The first-order valence-corrected chi connectivity index (χ1v) is 13.6. The van der Waals surface area contributed by atoms with E-state index in [-0.39, 0.29) is 17.9 Å². The molecule has 2 unspecified atom stereocenters. The van der Waals surface area contributed by atoms with E-state index in [1.807, 2.05) is 30.3 Å². The molecule has 3 heterocycles. The fourth-order valence-electron chi connectivity index (χ4n) is 4.67. The predicted molar refractivity (Wildman–Crippen MR) is 148 cm³/mol. The quantitative estimate of drug-likeness (QED) is 0.278. The van der Waals surface area contributed by atoms with E-state index >= 15 is 0 Å². The average Bonchev–Trinajstić information content (AvgIpc) is 3.57. The zero-order valence-electron chi connectivity index (χ0n) is 22.0. The van der Waals surface area contributed by atoms with E-state index in [1.54, 1.807) is 44.4 Å². The number of carbonyl (C=O) groups excluding carboxylic acids is 3. The summed E-state index contributed by atoms with van der Waals surface area (Å²) in [4.78, 5) is 45.5. The number of alkyl halides is 3.